The van der Waals surface area contributed by atoms with Crippen LogP contribution in [0.2, 0.25) is 10.0 Å². The van der Waals surface area contributed by atoms with Gasteiger partial charge < -0.3 is 9.64 Å². The highest BCUT2D eigenvalue weighted by Crippen LogP contribution is 2.37. The fourth-order valence-corrected chi connectivity index (χ4v) is 3.83. The number of H-pyrrole nitrogens is 1. The first kappa shape index (κ1) is 20.0. The van der Waals surface area contributed by atoms with Crippen molar-refractivity contribution in [1.82, 2.24) is 15.1 Å². The molecule has 0 aliphatic carbocycles. The molecule has 1 aromatic carbocycles. The molecule has 1 aliphatic rings. The molecule has 1 aromatic heterocycles. The third kappa shape index (κ3) is 4.41. The number of ether oxygens (including phenoxy) is 1. The Morgan fingerprint density at radius 3 is 2.56 bits per heavy atom. The fraction of sp³-hybridized carbons (Fsp3) is 0.500. The molecule has 1 aliphatic heterocycles. The van der Waals surface area contributed by atoms with E-state index in [0.29, 0.717) is 29.1 Å². The minimum absolute atomic E-state index is 0.242. The van der Waals surface area contributed by atoms with Crippen molar-refractivity contribution >= 4 is 29.3 Å². The molecule has 0 radical (unpaired) electrons. The van der Waals surface area contributed by atoms with Gasteiger partial charge in [-0.25, -0.2) is 4.79 Å². The first-order chi connectivity index (χ1) is 12.7. The maximum atomic E-state index is 12.2. The molecule has 0 saturated carbocycles. The van der Waals surface area contributed by atoms with Crippen molar-refractivity contribution in [2.24, 2.45) is 0 Å². The number of nitrogens with one attached hydrogen (secondary N) is 1. The molecule has 27 heavy (non-hydrogen) atoms. The van der Waals surface area contributed by atoms with Crippen LogP contribution < -0.4 is 0 Å². The van der Waals surface area contributed by atoms with E-state index >= 15 is 0 Å². The molecular weight excluding hydrogens is 385 g/mol. The molecular formula is C20H25Cl2N3O2. The van der Waals surface area contributed by atoms with Crippen molar-refractivity contribution in [1.29, 1.82) is 0 Å². The maximum Gasteiger partial charge on any atom is 0.410 e. The number of piperidine rings is 1. The minimum atomic E-state index is -0.473. The van der Waals surface area contributed by atoms with Crippen LogP contribution in [0.4, 0.5) is 4.79 Å². The molecule has 3 rings (SSSR count). The zero-order valence-electron chi connectivity index (χ0n) is 16.1. The Morgan fingerprint density at radius 1 is 1.26 bits per heavy atom. The van der Waals surface area contributed by atoms with E-state index in [1.807, 2.05) is 39.8 Å². The van der Waals surface area contributed by atoms with Gasteiger partial charge in [0.2, 0.25) is 0 Å². The summed E-state index contributed by atoms with van der Waals surface area (Å²) in [4.78, 5) is 14.0. The summed E-state index contributed by atoms with van der Waals surface area (Å²) in [5.74, 6) is 0.322. The van der Waals surface area contributed by atoms with E-state index in [4.69, 9.17) is 27.9 Å². The smallest absolute Gasteiger partial charge is 0.410 e. The number of carbonyl (C=O) groups is 1. The second-order valence-electron chi connectivity index (χ2n) is 7.95. The van der Waals surface area contributed by atoms with Gasteiger partial charge in [-0.2, -0.15) is 5.10 Å². The normalized spacial score (nSPS) is 15.9. The van der Waals surface area contributed by atoms with E-state index in [1.54, 1.807) is 11.0 Å². The number of hydrogen-bond acceptors (Lipinski definition) is 3. The van der Waals surface area contributed by atoms with Gasteiger partial charge in [-0.15, -0.1) is 0 Å². The van der Waals surface area contributed by atoms with Gasteiger partial charge in [-0.05, 0) is 52.2 Å². The van der Waals surface area contributed by atoms with Gasteiger partial charge in [-0.1, -0.05) is 35.3 Å². The molecule has 1 N–H and O–H groups in total. The van der Waals surface area contributed by atoms with Crippen LogP contribution in [0.5, 0.6) is 0 Å². The van der Waals surface area contributed by atoms with Crippen molar-refractivity contribution in [3.05, 3.63) is 39.5 Å². The lowest BCUT2D eigenvalue weighted by molar-refractivity contribution is 0.0204. The lowest BCUT2D eigenvalue weighted by Gasteiger charge is -2.33. The molecule has 1 fully saturated rings. The molecule has 146 valence electrons. The fourth-order valence-electron chi connectivity index (χ4n) is 3.43. The van der Waals surface area contributed by atoms with Gasteiger partial charge in [0.25, 0.3) is 0 Å². The van der Waals surface area contributed by atoms with Crippen LogP contribution in [0.3, 0.4) is 0 Å². The van der Waals surface area contributed by atoms with Crippen molar-refractivity contribution in [3.8, 4) is 11.3 Å². The van der Waals surface area contributed by atoms with Crippen LogP contribution >= 0.6 is 23.2 Å². The Bertz CT molecular complexity index is 834. The predicted molar refractivity (Wildman–Crippen MR) is 109 cm³/mol. The summed E-state index contributed by atoms with van der Waals surface area (Å²) in [5.41, 5.74) is 3.36. The van der Waals surface area contributed by atoms with Crippen molar-refractivity contribution in [3.63, 3.8) is 0 Å². The number of aromatic nitrogens is 2. The van der Waals surface area contributed by atoms with Gasteiger partial charge in [0, 0.05) is 30.3 Å². The van der Waals surface area contributed by atoms with E-state index in [1.165, 1.54) is 0 Å². The Labute approximate surface area is 170 Å². The summed E-state index contributed by atoms with van der Waals surface area (Å²) in [6.07, 6.45) is 1.49. The number of likely N-dealkylation sites (tertiary alicyclic amines) is 1. The SMILES string of the molecule is Cc1c(-c2cccc(Cl)c2Cl)n[nH]c1C1CCN(C(=O)OC(C)(C)C)CC1. The molecule has 0 spiro atoms. The molecule has 1 amide bonds. The summed E-state index contributed by atoms with van der Waals surface area (Å²) in [5, 5.41) is 8.71. The maximum absolute atomic E-state index is 12.2. The van der Waals surface area contributed by atoms with E-state index in [-0.39, 0.29) is 6.09 Å². The number of halogens is 2. The average Bonchev–Trinajstić information content (AvgIpc) is 2.97. The van der Waals surface area contributed by atoms with Crippen molar-refractivity contribution in [2.75, 3.05) is 13.1 Å². The highest BCUT2D eigenvalue weighted by Gasteiger charge is 2.29. The quantitative estimate of drug-likeness (QED) is 0.680. The standard InChI is InChI=1S/C20H25Cl2N3O2/c1-12-17(23-24-18(12)14-6-5-7-15(21)16(14)22)13-8-10-25(11-9-13)19(26)27-20(2,3)4/h5-7,13H,8-11H2,1-4H3,(H,23,24). The molecule has 0 atom stereocenters. The molecule has 0 unspecified atom stereocenters. The summed E-state index contributed by atoms with van der Waals surface area (Å²) in [6.45, 7) is 9.04. The number of amides is 1. The Kier molecular flexibility index (Phi) is 5.73. The zero-order valence-corrected chi connectivity index (χ0v) is 17.6. The predicted octanol–water partition coefficient (Wildman–Crippen LogP) is 5.81. The highest BCUT2D eigenvalue weighted by molar-refractivity contribution is 6.43. The third-order valence-electron chi connectivity index (χ3n) is 4.81. The van der Waals surface area contributed by atoms with Crippen LogP contribution in [0, 0.1) is 6.92 Å². The second kappa shape index (κ2) is 7.72. The highest BCUT2D eigenvalue weighted by atomic mass is 35.5. The molecule has 7 heteroatoms. The van der Waals surface area contributed by atoms with Crippen LogP contribution in [0.1, 0.15) is 50.8 Å². The Balaban J connectivity index is 1.72. The number of nitrogens with zero attached hydrogens (tertiary/aromatic N) is 2. The van der Waals surface area contributed by atoms with Gasteiger partial charge in [-0.3, -0.25) is 5.10 Å². The van der Waals surface area contributed by atoms with Gasteiger partial charge >= 0.3 is 6.09 Å². The van der Waals surface area contributed by atoms with Gasteiger partial charge in [0.1, 0.15) is 5.60 Å². The largest absolute Gasteiger partial charge is 0.444 e. The van der Waals surface area contributed by atoms with Crippen LogP contribution in [0.15, 0.2) is 18.2 Å². The zero-order chi connectivity index (χ0) is 19.8. The third-order valence-corrected chi connectivity index (χ3v) is 5.63. The summed E-state index contributed by atoms with van der Waals surface area (Å²) < 4.78 is 5.47. The lowest BCUT2D eigenvalue weighted by atomic mass is 9.90. The van der Waals surface area contributed by atoms with Crippen LogP contribution in [-0.4, -0.2) is 39.9 Å². The number of rotatable bonds is 2. The van der Waals surface area contributed by atoms with E-state index in [9.17, 15) is 4.79 Å². The van der Waals surface area contributed by atoms with Gasteiger partial charge in [0.15, 0.2) is 0 Å². The second-order valence-corrected chi connectivity index (χ2v) is 8.74. The van der Waals surface area contributed by atoms with Crippen LogP contribution in [0.25, 0.3) is 11.3 Å². The van der Waals surface area contributed by atoms with Crippen LogP contribution in [-0.2, 0) is 4.74 Å². The number of hydrogen-bond donors (Lipinski definition) is 1. The Morgan fingerprint density at radius 2 is 1.93 bits per heavy atom. The van der Waals surface area contributed by atoms with Crippen molar-refractivity contribution in [2.45, 2.75) is 52.1 Å². The van der Waals surface area contributed by atoms with Crippen molar-refractivity contribution < 1.29 is 9.53 Å². The van der Waals surface area contributed by atoms with E-state index < -0.39 is 5.60 Å². The number of carbonyl (C=O) groups excluding carboxylic acids is 1. The monoisotopic (exact) mass is 409 g/mol. The van der Waals surface area contributed by atoms with E-state index in [0.717, 1.165) is 35.4 Å². The summed E-state index contributed by atoms with van der Waals surface area (Å²) in [7, 11) is 0. The lowest BCUT2D eigenvalue weighted by Crippen LogP contribution is -2.41. The number of benzene rings is 1. The Hall–Kier alpha value is -1.72. The summed E-state index contributed by atoms with van der Waals surface area (Å²) in [6, 6.07) is 5.56. The number of aromatic amines is 1. The molecule has 0 bridgehead atoms. The topological polar surface area (TPSA) is 58.2 Å². The molecule has 2 aromatic rings. The molecule has 5 nitrogen and oxygen atoms in total. The molecule has 2 heterocycles. The minimum Gasteiger partial charge on any atom is -0.444 e. The first-order valence-electron chi connectivity index (χ1n) is 9.14. The first-order valence-corrected chi connectivity index (χ1v) is 9.90. The van der Waals surface area contributed by atoms with Gasteiger partial charge in [0.05, 0.1) is 15.7 Å². The molecule has 1 saturated heterocycles. The van der Waals surface area contributed by atoms with E-state index in [2.05, 4.69) is 10.2 Å². The average molecular weight is 410 g/mol. The summed E-state index contributed by atoms with van der Waals surface area (Å²) >= 11 is 12.5.